The van der Waals surface area contributed by atoms with E-state index in [-0.39, 0.29) is 29.3 Å². The first-order valence-electron chi connectivity index (χ1n) is 11.6. The predicted octanol–water partition coefficient (Wildman–Crippen LogP) is 4.30. The molecule has 5 nitrogen and oxygen atoms in total. The maximum atomic E-state index is 13.1. The lowest BCUT2D eigenvalue weighted by atomic mass is 9.75. The molecule has 0 aromatic heterocycles. The summed E-state index contributed by atoms with van der Waals surface area (Å²) in [6, 6.07) is 5.83. The van der Waals surface area contributed by atoms with Crippen LogP contribution in [0.25, 0.3) is 0 Å². The van der Waals surface area contributed by atoms with Crippen molar-refractivity contribution in [3.05, 3.63) is 48.3 Å². The Bertz CT molecular complexity index is 843. The highest BCUT2D eigenvalue weighted by Crippen LogP contribution is 2.35. The van der Waals surface area contributed by atoms with E-state index < -0.39 is 0 Å². The predicted molar refractivity (Wildman–Crippen MR) is 119 cm³/mol. The normalized spacial score (nSPS) is 25.1. The van der Waals surface area contributed by atoms with E-state index >= 15 is 0 Å². The van der Waals surface area contributed by atoms with Gasteiger partial charge in [0, 0.05) is 29.7 Å². The topological polar surface area (TPSA) is 53.0 Å². The summed E-state index contributed by atoms with van der Waals surface area (Å²) in [5.41, 5.74) is 1.78. The lowest BCUT2D eigenvalue weighted by Crippen LogP contribution is -2.48. The van der Waals surface area contributed by atoms with Crippen molar-refractivity contribution < 1.29 is 14.0 Å². The van der Waals surface area contributed by atoms with Gasteiger partial charge >= 0.3 is 0 Å². The molecule has 1 aromatic rings. The average Bonchev–Trinajstić information content (AvgIpc) is 2.80. The molecule has 0 N–H and O–H groups in total. The fraction of sp³-hybridized carbons (Fsp3) is 0.560. The third-order valence-corrected chi connectivity index (χ3v) is 7.07. The van der Waals surface area contributed by atoms with E-state index in [9.17, 15) is 14.0 Å². The molecule has 2 fully saturated rings. The molecule has 0 bridgehead atoms. The molecule has 4 rings (SSSR count). The van der Waals surface area contributed by atoms with Gasteiger partial charge in [-0.1, -0.05) is 12.5 Å². The largest absolute Gasteiger partial charge is 0.301 e. The number of hydrazone groups is 1. The lowest BCUT2D eigenvalue weighted by molar-refractivity contribution is -0.138. The van der Waals surface area contributed by atoms with Crippen LogP contribution in [0.5, 0.6) is 0 Å². The van der Waals surface area contributed by atoms with E-state index in [2.05, 4.69) is 11.5 Å². The maximum Gasteiger partial charge on any atom is 0.246 e. The van der Waals surface area contributed by atoms with E-state index in [1.54, 1.807) is 17.1 Å². The molecule has 0 spiro atoms. The molecule has 2 aliphatic heterocycles. The smallest absolute Gasteiger partial charge is 0.246 e. The van der Waals surface area contributed by atoms with E-state index in [0.717, 1.165) is 58.2 Å². The van der Waals surface area contributed by atoms with Gasteiger partial charge in [-0.3, -0.25) is 9.59 Å². The Morgan fingerprint density at radius 1 is 1.13 bits per heavy atom. The molecule has 1 aromatic carbocycles. The summed E-state index contributed by atoms with van der Waals surface area (Å²) < 4.78 is 13.1. The molecule has 6 heteroatoms. The molecule has 166 valence electrons. The Balaban J connectivity index is 1.31. The van der Waals surface area contributed by atoms with Gasteiger partial charge in [-0.2, -0.15) is 5.10 Å². The van der Waals surface area contributed by atoms with Crippen LogP contribution in [0.2, 0.25) is 0 Å². The van der Waals surface area contributed by atoms with Crippen LogP contribution in [-0.4, -0.2) is 53.5 Å². The van der Waals surface area contributed by atoms with Gasteiger partial charge in [0.25, 0.3) is 0 Å². The zero-order valence-corrected chi connectivity index (χ0v) is 18.1. The zero-order valence-electron chi connectivity index (χ0n) is 18.1. The number of fused-ring (bicyclic) bond motifs is 1. The molecule has 31 heavy (non-hydrogen) atoms. The molecular weight excluding hydrogens is 393 g/mol. The van der Waals surface area contributed by atoms with Crippen LogP contribution >= 0.6 is 0 Å². The molecule has 1 amide bonds. The van der Waals surface area contributed by atoms with Crippen molar-refractivity contribution >= 4 is 17.4 Å². The Morgan fingerprint density at radius 2 is 1.87 bits per heavy atom. The highest BCUT2D eigenvalue weighted by Gasteiger charge is 2.39. The van der Waals surface area contributed by atoms with Crippen LogP contribution in [0.1, 0.15) is 55.3 Å². The van der Waals surface area contributed by atoms with Crippen molar-refractivity contribution in [3.63, 3.8) is 0 Å². The first-order chi connectivity index (χ1) is 15.1. The summed E-state index contributed by atoms with van der Waals surface area (Å²) in [4.78, 5) is 28.0. The molecule has 2 unspecified atom stereocenters. The second-order valence-electron chi connectivity index (χ2n) is 9.02. The van der Waals surface area contributed by atoms with Crippen LogP contribution in [0.4, 0.5) is 4.39 Å². The SMILES string of the molecule is C=CCC1C(=O)N(CCN2CCC(C(=O)c3ccc(F)cc3)CC2)N=C2CCCCC21. The Labute approximate surface area is 184 Å². The number of allylic oxidation sites excluding steroid dienone is 1. The number of piperidine rings is 1. The van der Waals surface area contributed by atoms with Crippen molar-refractivity contribution in [2.45, 2.75) is 44.9 Å². The number of Topliss-reactive ketones (excluding diaryl/α,β-unsaturated/α-hetero) is 1. The van der Waals surface area contributed by atoms with Gasteiger partial charge in [-0.25, -0.2) is 9.40 Å². The summed E-state index contributed by atoms with van der Waals surface area (Å²) in [6.45, 7) is 6.88. The summed E-state index contributed by atoms with van der Waals surface area (Å²) in [7, 11) is 0. The summed E-state index contributed by atoms with van der Waals surface area (Å²) in [5, 5.41) is 6.44. The van der Waals surface area contributed by atoms with Crippen molar-refractivity contribution in [2.75, 3.05) is 26.2 Å². The Hall–Kier alpha value is -2.34. The number of likely N-dealkylation sites (tertiary alicyclic amines) is 1. The zero-order chi connectivity index (χ0) is 21.8. The summed E-state index contributed by atoms with van der Waals surface area (Å²) in [5.74, 6) is 0.188. The number of ketones is 1. The molecule has 2 heterocycles. The molecule has 3 aliphatic rings. The van der Waals surface area contributed by atoms with Crippen molar-refractivity contribution in [3.8, 4) is 0 Å². The highest BCUT2D eigenvalue weighted by molar-refractivity contribution is 5.98. The first-order valence-corrected chi connectivity index (χ1v) is 11.6. The van der Waals surface area contributed by atoms with Gasteiger partial charge in [-0.05, 0) is 75.9 Å². The van der Waals surface area contributed by atoms with E-state index in [4.69, 9.17) is 5.10 Å². The quantitative estimate of drug-likeness (QED) is 0.483. The lowest BCUT2D eigenvalue weighted by Gasteiger charge is -2.39. The summed E-state index contributed by atoms with van der Waals surface area (Å²) >= 11 is 0. The number of hydrogen-bond donors (Lipinski definition) is 0. The van der Waals surface area contributed by atoms with E-state index in [1.807, 2.05) is 6.08 Å². The van der Waals surface area contributed by atoms with Crippen molar-refractivity contribution in [1.82, 2.24) is 9.91 Å². The minimum absolute atomic E-state index is 0.00985. The van der Waals surface area contributed by atoms with Crippen molar-refractivity contribution in [1.29, 1.82) is 0 Å². The third kappa shape index (κ3) is 4.95. The van der Waals surface area contributed by atoms with Crippen LogP contribution in [0, 0.1) is 23.6 Å². The standard InChI is InChI=1S/C25H32FN3O2/c1-2-5-22-21-6-3-4-7-23(21)27-29(25(22)31)17-16-28-14-12-19(13-15-28)24(30)18-8-10-20(26)11-9-18/h2,8-11,19,21-22H,1,3-7,12-17H2. The highest BCUT2D eigenvalue weighted by atomic mass is 19.1. The number of benzene rings is 1. The minimum atomic E-state index is -0.322. The second-order valence-corrected chi connectivity index (χ2v) is 9.02. The van der Waals surface area contributed by atoms with Gasteiger partial charge in [0.1, 0.15) is 5.82 Å². The fourth-order valence-corrected chi connectivity index (χ4v) is 5.26. The van der Waals surface area contributed by atoms with Gasteiger partial charge < -0.3 is 4.90 Å². The summed E-state index contributed by atoms with van der Waals surface area (Å²) in [6.07, 6.45) is 8.56. The Morgan fingerprint density at radius 3 is 2.58 bits per heavy atom. The van der Waals surface area contributed by atoms with Gasteiger partial charge in [0.05, 0.1) is 12.5 Å². The fourth-order valence-electron chi connectivity index (χ4n) is 5.26. The second kappa shape index (κ2) is 9.86. The van der Waals surface area contributed by atoms with Crippen LogP contribution in [0.3, 0.4) is 0 Å². The van der Waals surface area contributed by atoms with Crippen LogP contribution in [-0.2, 0) is 4.79 Å². The number of carbonyl (C=O) groups is 2. The minimum Gasteiger partial charge on any atom is -0.301 e. The van der Waals surface area contributed by atoms with E-state index in [0.29, 0.717) is 18.0 Å². The van der Waals surface area contributed by atoms with E-state index in [1.165, 1.54) is 24.3 Å². The van der Waals surface area contributed by atoms with Crippen molar-refractivity contribution in [2.24, 2.45) is 22.9 Å². The number of amides is 1. The molecule has 1 saturated heterocycles. The van der Waals surface area contributed by atoms with Gasteiger partial charge in [-0.15, -0.1) is 6.58 Å². The number of rotatable bonds is 7. The number of nitrogens with zero attached hydrogens (tertiary/aromatic N) is 3. The van der Waals surface area contributed by atoms with Gasteiger partial charge in [0.15, 0.2) is 5.78 Å². The number of hydrogen-bond acceptors (Lipinski definition) is 4. The Kier molecular flexibility index (Phi) is 6.96. The first kappa shape index (κ1) is 21.9. The molecule has 0 radical (unpaired) electrons. The molecular formula is C25H32FN3O2. The maximum absolute atomic E-state index is 13.1. The number of halogens is 1. The van der Waals surface area contributed by atoms with Gasteiger partial charge in [0.2, 0.25) is 5.91 Å². The molecule has 1 saturated carbocycles. The monoisotopic (exact) mass is 425 g/mol. The van der Waals surface area contributed by atoms with Crippen LogP contribution < -0.4 is 0 Å². The average molecular weight is 426 g/mol. The molecule has 2 atom stereocenters. The third-order valence-electron chi connectivity index (χ3n) is 7.07. The number of carbonyl (C=O) groups excluding carboxylic acids is 2. The van der Waals surface area contributed by atoms with Crippen LogP contribution in [0.15, 0.2) is 42.0 Å². The molecule has 1 aliphatic carbocycles.